The molecule has 1 aliphatic heterocycles. The zero-order valence-corrected chi connectivity index (χ0v) is 18.2. The minimum Gasteiger partial charge on any atom is -0.387 e. The zero-order chi connectivity index (χ0) is 20.3. The Bertz CT molecular complexity index is 750. The van der Waals surface area contributed by atoms with Crippen molar-refractivity contribution in [2.24, 2.45) is 34.5 Å². The Hall–Kier alpha value is -1.58. The van der Waals surface area contributed by atoms with Crippen molar-refractivity contribution in [1.82, 2.24) is 10.2 Å². The Kier molecular flexibility index (Phi) is 4.75. The third-order valence-electron chi connectivity index (χ3n) is 8.96. The summed E-state index contributed by atoms with van der Waals surface area (Å²) in [5, 5.41) is 3.67. The highest BCUT2D eigenvalue weighted by Crippen LogP contribution is 2.64. The van der Waals surface area contributed by atoms with Crippen molar-refractivity contribution >= 4 is 11.7 Å². The summed E-state index contributed by atoms with van der Waals surface area (Å²) in [5.41, 5.74) is 2.09. The molecule has 4 nitrogen and oxygen atoms in total. The van der Waals surface area contributed by atoms with Gasteiger partial charge in [0.1, 0.15) is 0 Å². The Morgan fingerprint density at radius 2 is 1.89 bits per heavy atom. The molecule has 4 rings (SSSR count). The molecule has 2 saturated carbocycles. The normalized spacial score (nSPS) is 41.8. The van der Waals surface area contributed by atoms with Crippen LogP contribution < -0.4 is 5.32 Å². The van der Waals surface area contributed by atoms with Gasteiger partial charge in [0.25, 0.3) is 0 Å². The van der Waals surface area contributed by atoms with Crippen LogP contribution in [0.25, 0.3) is 0 Å². The van der Waals surface area contributed by atoms with E-state index in [1.54, 1.807) is 6.08 Å². The topological polar surface area (TPSA) is 49.4 Å². The molecule has 1 amide bonds. The molecule has 0 radical (unpaired) electrons. The van der Waals surface area contributed by atoms with E-state index in [1.165, 1.54) is 0 Å². The fourth-order valence-corrected chi connectivity index (χ4v) is 7.31. The number of rotatable bonds is 3. The summed E-state index contributed by atoms with van der Waals surface area (Å²) in [6.07, 6.45) is 8.42. The van der Waals surface area contributed by atoms with Gasteiger partial charge in [-0.1, -0.05) is 19.9 Å². The number of fused-ring (bicyclic) bond motifs is 5. The number of carbonyl (C=O) groups excluding carboxylic acids is 2. The molecule has 4 heteroatoms. The number of piperidine rings is 1. The first-order chi connectivity index (χ1) is 13.3. The number of hydrogen-bond acceptors (Lipinski definition) is 3. The summed E-state index contributed by atoms with van der Waals surface area (Å²) >= 11 is 0. The molecule has 3 fully saturated rings. The van der Waals surface area contributed by atoms with E-state index in [4.69, 9.17) is 0 Å². The standard InChI is InChI=1S/C24H36N2O2/c1-6-26(7-2)22(28)19-9-8-17-16-14-25-21-15(3)20(27)11-13-24(21,5)18(16)10-12-23(17,19)4/h11,13,16-19,25H,6-10,12,14H2,1-5H3/t16?,17?,18?,19-,23+,24-/m1/s1. The van der Waals surface area contributed by atoms with E-state index < -0.39 is 0 Å². The van der Waals surface area contributed by atoms with Crippen LogP contribution >= 0.6 is 0 Å². The number of amides is 1. The number of nitrogens with zero attached hydrogens (tertiary/aromatic N) is 1. The summed E-state index contributed by atoms with van der Waals surface area (Å²) in [6, 6.07) is 0. The van der Waals surface area contributed by atoms with Crippen LogP contribution in [0.15, 0.2) is 23.4 Å². The van der Waals surface area contributed by atoms with Crippen molar-refractivity contribution in [1.29, 1.82) is 0 Å². The van der Waals surface area contributed by atoms with E-state index in [0.717, 1.165) is 56.6 Å². The van der Waals surface area contributed by atoms with Gasteiger partial charge in [-0.3, -0.25) is 9.59 Å². The van der Waals surface area contributed by atoms with E-state index >= 15 is 0 Å². The summed E-state index contributed by atoms with van der Waals surface area (Å²) in [6.45, 7) is 13.4. The molecule has 154 valence electrons. The summed E-state index contributed by atoms with van der Waals surface area (Å²) < 4.78 is 0. The Labute approximate surface area is 169 Å². The van der Waals surface area contributed by atoms with E-state index in [1.807, 2.05) is 11.8 Å². The molecule has 1 saturated heterocycles. The molecule has 28 heavy (non-hydrogen) atoms. The first-order valence-corrected chi connectivity index (χ1v) is 11.3. The van der Waals surface area contributed by atoms with Gasteiger partial charge in [-0.15, -0.1) is 0 Å². The predicted octanol–water partition coefficient (Wildman–Crippen LogP) is 3.94. The summed E-state index contributed by atoms with van der Waals surface area (Å²) in [4.78, 5) is 27.5. The average Bonchev–Trinajstić information content (AvgIpc) is 3.03. The van der Waals surface area contributed by atoms with Gasteiger partial charge in [0.05, 0.1) is 0 Å². The van der Waals surface area contributed by atoms with Gasteiger partial charge in [0, 0.05) is 42.2 Å². The lowest BCUT2D eigenvalue weighted by Crippen LogP contribution is -2.57. The van der Waals surface area contributed by atoms with Crippen LogP contribution in [0.2, 0.25) is 0 Å². The van der Waals surface area contributed by atoms with E-state index in [-0.39, 0.29) is 22.5 Å². The first-order valence-electron chi connectivity index (χ1n) is 11.3. The second kappa shape index (κ2) is 6.74. The third-order valence-corrected chi connectivity index (χ3v) is 8.96. The highest BCUT2D eigenvalue weighted by molar-refractivity contribution is 6.05. The van der Waals surface area contributed by atoms with Gasteiger partial charge in [0.2, 0.25) is 5.91 Å². The third kappa shape index (κ3) is 2.55. The van der Waals surface area contributed by atoms with Crippen LogP contribution in [-0.4, -0.2) is 36.2 Å². The minimum atomic E-state index is -0.0663. The van der Waals surface area contributed by atoms with Crippen LogP contribution in [-0.2, 0) is 9.59 Å². The Morgan fingerprint density at radius 1 is 1.18 bits per heavy atom. The number of carbonyl (C=O) groups is 2. The Balaban J connectivity index is 1.63. The second-order valence-electron chi connectivity index (χ2n) is 9.92. The molecule has 0 aromatic carbocycles. The highest BCUT2D eigenvalue weighted by atomic mass is 16.2. The van der Waals surface area contributed by atoms with Crippen LogP contribution in [0.1, 0.15) is 60.3 Å². The molecule has 0 bridgehead atoms. The maximum absolute atomic E-state index is 13.3. The predicted molar refractivity (Wildman–Crippen MR) is 111 cm³/mol. The van der Waals surface area contributed by atoms with Gasteiger partial charge >= 0.3 is 0 Å². The molecule has 4 aliphatic rings. The molecule has 3 aliphatic carbocycles. The quantitative estimate of drug-likeness (QED) is 0.802. The highest BCUT2D eigenvalue weighted by Gasteiger charge is 2.60. The SMILES string of the molecule is CCN(CC)C(=O)[C@H]1CCC2C3CNC4=C(C)C(=O)C=C[C@]4(C)C3CC[C@@]21C. The number of hydrogen-bond donors (Lipinski definition) is 1. The van der Waals surface area contributed by atoms with Crippen LogP contribution in [0.3, 0.4) is 0 Å². The van der Waals surface area contributed by atoms with Crippen molar-refractivity contribution in [2.45, 2.75) is 60.3 Å². The van der Waals surface area contributed by atoms with E-state index in [2.05, 4.69) is 39.1 Å². The minimum absolute atomic E-state index is 0.0663. The average molecular weight is 385 g/mol. The van der Waals surface area contributed by atoms with Gasteiger partial charge in [-0.05, 0) is 75.7 Å². The number of allylic oxidation sites excluding steroid dienone is 3. The molecule has 0 aromatic rings. The van der Waals surface area contributed by atoms with Crippen LogP contribution in [0, 0.1) is 34.5 Å². The van der Waals surface area contributed by atoms with Crippen molar-refractivity contribution in [2.75, 3.05) is 19.6 Å². The van der Waals surface area contributed by atoms with Gasteiger partial charge in [0.15, 0.2) is 5.78 Å². The fourth-order valence-electron chi connectivity index (χ4n) is 7.31. The molecule has 6 atom stereocenters. The lowest BCUT2D eigenvalue weighted by molar-refractivity contribution is -0.141. The first kappa shape index (κ1) is 19.7. The van der Waals surface area contributed by atoms with Crippen molar-refractivity contribution in [3.05, 3.63) is 23.4 Å². The smallest absolute Gasteiger partial charge is 0.226 e. The molecule has 0 aromatic heterocycles. The molecule has 1 heterocycles. The number of ketones is 1. The maximum atomic E-state index is 13.3. The largest absolute Gasteiger partial charge is 0.387 e. The lowest BCUT2D eigenvalue weighted by Gasteiger charge is -2.57. The van der Waals surface area contributed by atoms with Crippen molar-refractivity contribution in [3.8, 4) is 0 Å². The van der Waals surface area contributed by atoms with E-state index in [0.29, 0.717) is 23.7 Å². The molecule has 1 N–H and O–H groups in total. The van der Waals surface area contributed by atoms with Crippen LogP contribution in [0.4, 0.5) is 0 Å². The van der Waals surface area contributed by atoms with Gasteiger partial charge in [-0.2, -0.15) is 0 Å². The monoisotopic (exact) mass is 384 g/mol. The molecular weight excluding hydrogens is 348 g/mol. The lowest BCUT2D eigenvalue weighted by atomic mass is 9.50. The van der Waals surface area contributed by atoms with Gasteiger partial charge < -0.3 is 10.2 Å². The summed E-state index contributed by atoms with van der Waals surface area (Å²) in [5.74, 6) is 2.42. The van der Waals surface area contributed by atoms with Gasteiger partial charge in [-0.25, -0.2) is 0 Å². The van der Waals surface area contributed by atoms with E-state index in [9.17, 15) is 9.59 Å². The molecule has 0 spiro atoms. The second-order valence-corrected chi connectivity index (χ2v) is 9.92. The number of nitrogens with one attached hydrogen (secondary N) is 1. The molecular formula is C24H36N2O2. The fraction of sp³-hybridized carbons (Fsp3) is 0.750. The van der Waals surface area contributed by atoms with Crippen LogP contribution in [0.5, 0.6) is 0 Å². The maximum Gasteiger partial charge on any atom is 0.226 e. The Morgan fingerprint density at radius 3 is 2.57 bits per heavy atom. The molecule has 3 unspecified atom stereocenters. The van der Waals surface area contributed by atoms with Crippen molar-refractivity contribution < 1.29 is 9.59 Å². The zero-order valence-electron chi connectivity index (χ0n) is 18.2. The van der Waals surface area contributed by atoms with Crippen molar-refractivity contribution in [3.63, 3.8) is 0 Å². The summed E-state index contributed by atoms with van der Waals surface area (Å²) in [7, 11) is 0.